The monoisotopic (exact) mass is 123 g/mol. The summed E-state index contributed by atoms with van der Waals surface area (Å²) in [6.07, 6.45) is 3.11. The topological polar surface area (TPSA) is 0 Å². The van der Waals surface area contributed by atoms with Crippen LogP contribution in [-0.4, -0.2) is 0 Å². The van der Waals surface area contributed by atoms with Crippen molar-refractivity contribution in [2.45, 2.75) is 33.1 Å². The fraction of sp³-hybridized carbons (Fsp3) is 0.667. The summed E-state index contributed by atoms with van der Waals surface area (Å²) in [5.41, 5.74) is 0. The largest absolute Gasteiger partial charge is 0.103 e. The molecule has 0 bridgehead atoms. The Balaban J connectivity index is 3.36. The van der Waals surface area contributed by atoms with Crippen LogP contribution in [0.3, 0.4) is 0 Å². The number of rotatable bonds is 2. The zero-order valence-corrected chi connectivity index (χ0v) is 6.41. The van der Waals surface area contributed by atoms with Crippen molar-refractivity contribution in [3.63, 3.8) is 0 Å². The first-order valence-corrected chi connectivity index (χ1v) is 3.58. The Kier molecular flexibility index (Phi) is 5.41. The molecule has 0 spiro atoms. The van der Waals surface area contributed by atoms with Crippen LogP contribution in [0.15, 0.2) is 0 Å². The zero-order valence-electron chi connectivity index (χ0n) is 6.41. The highest BCUT2D eigenvalue weighted by molar-refractivity contribution is 5.01. The number of hydrogen-bond donors (Lipinski definition) is 0. The molecule has 9 heavy (non-hydrogen) atoms. The van der Waals surface area contributed by atoms with Crippen LogP contribution in [0, 0.1) is 24.7 Å². The van der Waals surface area contributed by atoms with Crippen LogP contribution in [0.4, 0.5) is 0 Å². The van der Waals surface area contributed by atoms with Gasteiger partial charge in [0.05, 0.1) is 0 Å². The zero-order chi connectivity index (χ0) is 7.11. The molecule has 0 aliphatic rings. The molecule has 0 aliphatic carbocycles. The van der Waals surface area contributed by atoms with E-state index in [9.17, 15) is 0 Å². The van der Waals surface area contributed by atoms with Gasteiger partial charge in [0.25, 0.3) is 0 Å². The Hall–Kier alpha value is -0.440. The molecule has 1 atom stereocenters. The van der Waals surface area contributed by atoms with Gasteiger partial charge in [-0.1, -0.05) is 27.2 Å². The number of hydrogen-bond acceptors (Lipinski definition) is 0. The van der Waals surface area contributed by atoms with Crippen LogP contribution in [0.25, 0.3) is 0 Å². The van der Waals surface area contributed by atoms with Crippen LogP contribution in [0.5, 0.6) is 0 Å². The van der Waals surface area contributed by atoms with E-state index in [1.807, 2.05) is 0 Å². The summed E-state index contributed by atoms with van der Waals surface area (Å²) >= 11 is 0. The molecule has 0 heterocycles. The van der Waals surface area contributed by atoms with Crippen molar-refractivity contribution >= 4 is 0 Å². The van der Waals surface area contributed by atoms with Gasteiger partial charge in [0.15, 0.2) is 0 Å². The fourth-order valence-corrected chi connectivity index (χ4v) is 0.655. The molecule has 0 heteroatoms. The first-order chi connectivity index (χ1) is 4.31. The van der Waals surface area contributed by atoms with Crippen molar-refractivity contribution < 1.29 is 0 Å². The van der Waals surface area contributed by atoms with Gasteiger partial charge in [0.2, 0.25) is 0 Å². The minimum atomic E-state index is 0.544. The van der Waals surface area contributed by atoms with Gasteiger partial charge in [-0.2, -0.15) is 0 Å². The summed E-state index contributed by atoms with van der Waals surface area (Å²) < 4.78 is 0. The molecule has 0 nitrogen and oxygen atoms in total. The second kappa shape index (κ2) is 5.69. The predicted octanol–water partition coefficient (Wildman–Crippen LogP) is 2.65. The summed E-state index contributed by atoms with van der Waals surface area (Å²) in [6, 6.07) is 0. The molecular formula is C9H15. The first-order valence-electron chi connectivity index (χ1n) is 3.58. The molecule has 0 fully saturated rings. The van der Waals surface area contributed by atoms with Gasteiger partial charge in [0.1, 0.15) is 0 Å². The quantitative estimate of drug-likeness (QED) is 0.495. The second-order valence-electron chi connectivity index (χ2n) is 2.22. The summed E-state index contributed by atoms with van der Waals surface area (Å²) in [7, 11) is 0. The van der Waals surface area contributed by atoms with Gasteiger partial charge in [-0.05, 0) is 6.42 Å². The average molecular weight is 123 g/mol. The van der Waals surface area contributed by atoms with Crippen LogP contribution in [0.2, 0.25) is 0 Å². The molecule has 0 amide bonds. The third kappa shape index (κ3) is 5.43. The van der Waals surface area contributed by atoms with Gasteiger partial charge in [-0.3, -0.25) is 0 Å². The molecule has 0 saturated heterocycles. The molecule has 0 saturated carbocycles. The molecule has 0 aromatic rings. The lowest BCUT2D eigenvalue weighted by Crippen LogP contribution is -1.87. The smallest absolute Gasteiger partial charge is 0.0174 e. The highest BCUT2D eigenvalue weighted by Crippen LogP contribution is 2.01. The summed E-state index contributed by atoms with van der Waals surface area (Å²) in [6.45, 7) is 7.99. The average Bonchev–Trinajstić information content (AvgIpc) is 1.85. The Morgan fingerprint density at radius 1 is 1.56 bits per heavy atom. The molecule has 1 unspecified atom stereocenters. The van der Waals surface area contributed by atoms with Gasteiger partial charge in [-0.25, -0.2) is 0 Å². The van der Waals surface area contributed by atoms with Crippen LogP contribution >= 0.6 is 0 Å². The normalized spacial score (nSPS) is 11.9. The molecule has 0 aromatic heterocycles. The summed E-state index contributed by atoms with van der Waals surface area (Å²) in [4.78, 5) is 0. The Bertz CT molecular complexity index is 103. The Morgan fingerprint density at radius 2 is 2.22 bits per heavy atom. The van der Waals surface area contributed by atoms with Crippen LogP contribution in [0.1, 0.15) is 33.1 Å². The lowest BCUT2D eigenvalue weighted by Gasteiger charge is -1.96. The third-order valence-electron chi connectivity index (χ3n) is 1.16. The van der Waals surface area contributed by atoms with E-state index in [1.165, 1.54) is 0 Å². The molecular weight excluding hydrogens is 108 g/mol. The predicted molar refractivity (Wildman–Crippen MR) is 41.8 cm³/mol. The standard InChI is InChI=1S/C9H15/c1-4-6-8-9(3)7-5-2/h9H,2,4-5,7H2,1,3H3. The van der Waals surface area contributed by atoms with E-state index in [1.54, 1.807) is 0 Å². The van der Waals surface area contributed by atoms with Crippen molar-refractivity contribution in [3.05, 3.63) is 6.92 Å². The van der Waals surface area contributed by atoms with Crippen molar-refractivity contribution in [2.24, 2.45) is 5.92 Å². The third-order valence-corrected chi connectivity index (χ3v) is 1.16. The molecule has 51 valence electrons. The van der Waals surface area contributed by atoms with E-state index in [4.69, 9.17) is 0 Å². The SMILES string of the molecule is [CH2]CCC(C)C#CCC. The van der Waals surface area contributed by atoms with Gasteiger partial charge < -0.3 is 0 Å². The van der Waals surface area contributed by atoms with Crippen molar-refractivity contribution in [2.75, 3.05) is 0 Å². The maximum atomic E-state index is 3.77. The van der Waals surface area contributed by atoms with Gasteiger partial charge >= 0.3 is 0 Å². The highest BCUT2D eigenvalue weighted by atomic mass is 13.9. The molecule has 0 aliphatic heterocycles. The Morgan fingerprint density at radius 3 is 2.67 bits per heavy atom. The minimum Gasteiger partial charge on any atom is -0.103 e. The lowest BCUT2D eigenvalue weighted by molar-refractivity contribution is 0.677. The molecule has 0 N–H and O–H groups in total. The van der Waals surface area contributed by atoms with Gasteiger partial charge in [-0.15, -0.1) is 11.8 Å². The van der Waals surface area contributed by atoms with E-state index in [-0.39, 0.29) is 0 Å². The van der Waals surface area contributed by atoms with Crippen molar-refractivity contribution in [1.29, 1.82) is 0 Å². The molecule has 1 radical (unpaired) electrons. The lowest BCUT2D eigenvalue weighted by atomic mass is 10.1. The molecule has 0 aromatic carbocycles. The van der Waals surface area contributed by atoms with E-state index >= 15 is 0 Å². The Labute approximate surface area is 58.7 Å². The van der Waals surface area contributed by atoms with Crippen molar-refractivity contribution in [3.8, 4) is 11.8 Å². The summed E-state index contributed by atoms with van der Waals surface area (Å²) in [5.74, 6) is 6.74. The summed E-state index contributed by atoms with van der Waals surface area (Å²) in [5, 5.41) is 0. The fourth-order valence-electron chi connectivity index (χ4n) is 0.655. The van der Waals surface area contributed by atoms with E-state index in [2.05, 4.69) is 32.6 Å². The van der Waals surface area contributed by atoms with E-state index in [0.717, 1.165) is 19.3 Å². The minimum absolute atomic E-state index is 0.544. The van der Waals surface area contributed by atoms with E-state index < -0.39 is 0 Å². The van der Waals surface area contributed by atoms with Crippen molar-refractivity contribution in [1.82, 2.24) is 0 Å². The van der Waals surface area contributed by atoms with E-state index in [0.29, 0.717) is 5.92 Å². The first kappa shape index (κ1) is 8.56. The second-order valence-corrected chi connectivity index (χ2v) is 2.22. The molecule has 0 rings (SSSR count). The maximum Gasteiger partial charge on any atom is 0.0174 e. The maximum absolute atomic E-state index is 3.77. The van der Waals surface area contributed by atoms with Crippen LogP contribution < -0.4 is 0 Å². The van der Waals surface area contributed by atoms with Gasteiger partial charge in [0, 0.05) is 12.3 Å². The highest BCUT2D eigenvalue weighted by Gasteiger charge is 1.91. The van der Waals surface area contributed by atoms with Crippen LogP contribution in [-0.2, 0) is 0 Å².